The molecule has 238 valence electrons. The van der Waals surface area contributed by atoms with E-state index in [1.807, 2.05) is 19.2 Å². The Kier molecular flexibility index (Phi) is 10.1. The first-order valence-corrected chi connectivity index (χ1v) is 13.0. The SMILES string of the molecule is COc1c(NC(=O)c2ccc(C(C)C)cc2)cccc1C(=O)Nc1c(Cl)cc(C(F)(C(C)(F)F)C(F)(F)F)cc1OC(F)F. The number of carbonyl (C=O) groups excluding carboxylic acids is 2. The normalized spacial score (nSPS) is 13.4. The first-order valence-electron chi connectivity index (χ1n) is 12.6. The molecule has 2 N–H and O–H groups in total. The van der Waals surface area contributed by atoms with Gasteiger partial charge in [0.15, 0.2) is 11.5 Å². The lowest BCUT2D eigenvalue weighted by Gasteiger charge is -2.33. The molecule has 15 heteroatoms. The van der Waals surface area contributed by atoms with Crippen molar-refractivity contribution in [1.29, 1.82) is 0 Å². The molecule has 0 aromatic heterocycles. The summed E-state index contributed by atoms with van der Waals surface area (Å²) in [5.41, 5.74) is -7.16. The lowest BCUT2D eigenvalue weighted by atomic mass is 9.88. The third-order valence-electron chi connectivity index (χ3n) is 6.45. The van der Waals surface area contributed by atoms with Gasteiger partial charge in [0.05, 0.1) is 23.4 Å². The predicted octanol–water partition coefficient (Wildman–Crippen LogP) is 8.96. The lowest BCUT2D eigenvalue weighted by molar-refractivity contribution is -0.304. The number of nitrogens with one attached hydrogen (secondary N) is 2. The Morgan fingerprint density at radius 2 is 1.50 bits per heavy atom. The van der Waals surface area contributed by atoms with Gasteiger partial charge in [-0.2, -0.15) is 22.0 Å². The van der Waals surface area contributed by atoms with Gasteiger partial charge >= 0.3 is 12.8 Å². The summed E-state index contributed by atoms with van der Waals surface area (Å²) in [4.78, 5) is 26.1. The van der Waals surface area contributed by atoms with Crippen LogP contribution in [0.5, 0.6) is 11.5 Å². The van der Waals surface area contributed by atoms with Crippen LogP contribution in [0.15, 0.2) is 54.6 Å². The van der Waals surface area contributed by atoms with E-state index in [-0.39, 0.29) is 47.5 Å². The van der Waals surface area contributed by atoms with Crippen LogP contribution in [0.4, 0.5) is 46.5 Å². The minimum Gasteiger partial charge on any atom is -0.494 e. The molecule has 0 aliphatic carbocycles. The van der Waals surface area contributed by atoms with Gasteiger partial charge in [-0.15, -0.1) is 0 Å². The van der Waals surface area contributed by atoms with Crippen LogP contribution in [0.3, 0.4) is 0 Å². The summed E-state index contributed by atoms with van der Waals surface area (Å²) >= 11 is 5.92. The summed E-state index contributed by atoms with van der Waals surface area (Å²) in [5, 5.41) is 3.59. The van der Waals surface area contributed by atoms with E-state index in [1.54, 1.807) is 24.3 Å². The minimum absolute atomic E-state index is 0.00107. The van der Waals surface area contributed by atoms with E-state index in [0.29, 0.717) is 0 Å². The van der Waals surface area contributed by atoms with Crippen molar-refractivity contribution in [2.45, 2.75) is 51.1 Å². The summed E-state index contributed by atoms with van der Waals surface area (Å²) in [6.45, 7) is -0.153. The molecule has 3 aromatic carbocycles. The van der Waals surface area contributed by atoms with Crippen LogP contribution in [-0.2, 0) is 5.67 Å². The zero-order chi connectivity index (χ0) is 33.2. The quantitative estimate of drug-likeness (QED) is 0.214. The molecular formula is C29H25ClF8N2O4. The van der Waals surface area contributed by atoms with E-state index < -0.39 is 58.2 Å². The zero-order valence-corrected chi connectivity index (χ0v) is 24.1. The minimum atomic E-state index is -6.21. The molecule has 3 aromatic rings. The highest BCUT2D eigenvalue weighted by Crippen LogP contribution is 2.54. The molecule has 1 atom stereocenters. The van der Waals surface area contributed by atoms with Crippen LogP contribution < -0.4 is 20.1 Å². The van der Waals surface area contributed by atoms with Crippen molar-refractivity contribution in [3.05, 3.63) is 81.9 Å². The molecular weight excluding hydrogens is 628 g/mol. The number of carbonyl (C=O) groups is 2. The van der Waals surface area contributed by atoms with Crippen molar-refractivity contribution in [2.75, 3.05) is 17.7 Å². The van der Waals surface area contributed by atoms with Gasteiger partial charge < -0.3 is 20.1 Å². The molecule has 0 spiro atoms. The van der Waals surface area contributed by atoms with Gasteiger partial charge in [-0.25, -0.2) is 13.2 Å². The maximum absolute atomic E-state index is 15.0. The van der Waals surface area contributed by atoms with Crippen LogP contribution in [0, 0.1) is 0 Å². The number of anilines is 2. The van der Waals surface area contributed by atoms with E-state index in [1.165, 1.54) is 18.2 Å². The Balaban J connectivity index is 2.01. The molecule has 0 radical (unpaired) electrons. The largest absolute Gasteiger partial charge is 0.494 e. The van der Waals surface area contributed by atoms with Crippen LogP contribution >= 0.6 is 11.6 Å². The Bertz CT molecular complexity index is 1510. The van der Waals surface area contributed by atoms with Gasteiger partial charge in [-0.1, -0.05) is 43.6 Å². The molecule has 44 heavy (non-hydrogen) atoms. The Morgan fingerprint density at radius 1 is 0.886 bits per heavy atom. The van der Waals surface area contributed by atoms with Gasteiger partial charge in [0.25, 0.3) is 23.4 Å². The number of halogens is 9. The average Bonchev–Trinajstić information content (AvgIpc) is 2.92. The first kappa shape index (κ1) is 34.4. The highest BCUT2D eigenvalue weighted by atomic mass is 35.5. The smallest absolute Gasteiger partial charge is 0.432 e. The number of rotatable bonds is 10. The monoisotopic (exact) mass is 652 g/mol. The van der Waals surface area contributed by atoms with Gasteiger partial charge in [0, 0.05) is 18.1 Å². The topological polar surface area (TPSA) is 76.7 Å². The molecule has 0 heterocycles. The maximum atomic E-state index is 15.0. The van der Waals surface area contributed by atoms with Crippen LogP contribution in [-0.4, -0.2) is 37.6 Å². The standard InChI is InChI=1S/C29H25ClF8N2O4/c1-14(2)15-8-10-16(11-9-15)24(41)39-20-7-5-6-18(23(20)43-4)25(42)40-22-19(30)12-17(13-21(22)44-26(31)32)28(35,27(3,33)34)29(36,37)38/h5-14,26H,1-4H3,(H,39,41)(H,40,42). The van der Waals surface area contributed by atoms with E-state index in [0.717, 1.165) is 12.7 Å². The zero-order valence-electron chi connectivity index (χ0n) is 23.4. The number of amides is 2. The molecule has 6 nitrogen and oxygen atoms in total. The molecule has 2 amide bonds. The fourth-order valence-electron chi connectivity index (χ4n) is 4.19. The van der Waals surface area contributed by atoms with Crippen LogP contribution in [0.25, 0.3) is 0 Å². The third-order valence-corrected chi connectivity index (χ3v) is 6.75. The van der Waals surface area contributed by atoms with Crippen LogP contribution in [0.2, 0.25) is 5.02 Å². The molecule has 0 aliphatic heterocycles. The number of methoxy groups -OCH3 is 1. The van der Waals surface area contributed by atoms with Crippen molar-refractivity contribution in [1.82, 2.24) is 0 Å². The van der Waals surface area contributed by atoms with Crippen molar-refractivity contribution in [3.8, 4) is 11.5 Å². The Labute approximate surface area is 251 Å². The highest BCUT2D eigenvalue weighted by Gasteiger charge is 2.70. The van der Waals surface area contributed by atoms with E-state index >= 15 is 4.39 Å². The fourth-order valence-corrected chi connectivity index (χ4v) is 4.44. The van der Waals surface area contributed by atoms with E-state index in [9.17, 15) is 40.3 Å². The van der Waals surface area contributed by atoms with Gasteiger partial charge in [0.2, 0.25) is 0 Å². The second-order valence-electron chi connectivity index (χ2n) is 9.83. The average molecular weight is 653 g/mol. The second kappa shape index (κ2) is 12.9. The maximum Gasteiger partial charge on any atom is 0.432 e. The molecule has 1 unspecified atom stereocenters. The molecule has 3 rings (SSSR count). The van der Waals surface area contributed by atoms with E-state index in [4.69, 9.17) is 16.3 Å². The predicted molar refractivity (Wildman–Crippen MR) is 147 cm³/mol. The molecule has 0 fully saturated rings. The second-order valence-corrected chi connectivity index (χ2v) is 10.2. The summed E-state index contributed by atoms with van der Waals surface area (Å²) in [6.07, 6.45) is -6.21. The van der Waals surface area contributed by atoms with Crippen LogP contribution in [0.1, 0.15) is 58.5 Å². The van der Waals surface area contributed by atoms with Crippen molar-refractivity contribution in [2.24, 2.45) is 0 Å². The summed E-state index contributed by atoms with van der Waals surface area (Å²) in [7, 11) is 1.15. The number of hydrogen-bond acceptors (Lipinski definition) is 4. The van der Waals surface area contributed by atoms with Crippen molar-refractivity contribution < 1.29 is 54.2 Å². The van der Waals surface area contributed by atoms with Crippen molar-refractivity contribution >= 4 is 34.8 Å². The molecule has 0 saturated carbocycles. The molecule has 0 aliphatic rings. The molecule has 0 saturated heterocycles. The molecule has 0 bridgehead atoms. The summed E-state index contributed by atoms with van der Waals surface area (Å²) in [6, 6.07) is 10.6. The number of benzene rings is 3. The van der Waals surface area contributed by atoms with Gasteiger partial charge in [-0.05, 0) is 47.9 Å². The number of alkyl halides is 8. The fraction of sp³-hybridized carbons (Fsp3) is 0.310. The highest BCUT2D eigenvalue weighted by molar-refractivity contribution is 6.34. The Morgan fingerprint density at radius 3 is 2.00 bits per heavy atom. The van der Waals surface area contributed by atoms with Gasteiger partial charge in [-0.3, -0.25) is 9.59 Å². The Hall–Kier alpha value is -4.07. The van der Waals surface area contributed by atoms with Crippen molar-refractivity contribution in [3.63, 3.8) is 0 Å². The third kappa shape index (κ3) is 7.01. The number of para-hydroxylation sites is 1. The first-order chi connectivity index (χ1) is 20.3. The van der Waals surface area contributed by atoms with Gasteiger partial charge in [0.1, 0.15) is 5.69 Å². The van der Waals surface area contributed by atoms with E-state index in [2.05, 4.69) is 10.1 Å². The number of ether oxygens (including phenoxy) is 2. The lowest BCUT2D eigenvalue weighted by Crippen LogP contribution is -2.51. The number of hydrogen-bond donors (Lipinski definition) is 2. The summed E-state index contributed by atoms with van der Waals surface area (Å²) in [5.74, 6) is -8.15. The summed E-state index contributed by atoms with van der Waals surface area (Å²) < 4.78 is 119.